The molecule has 0 amide bonds. The zero-order valence-corrected chi connectivity index (χ0v) is 12.5. The summed E-state index contributed by atoms with van der Waals surface area (Å²) in [5, 5.41) is 0. The molecule has 1 heterocycles. The van der Waals surface area contributed by atoms with Crippen molar-refractivity contribution < 1.29 is 4.39 Å². The molecule has 0 unspecified atom stereocenters. The summed E-state index contributed by atoms with van der Waals surface area (Å²) in [5.74, 6) is -0.205. The zero-order chi connectivity index (χ0) is 13.4. The molecule has 0 bridgehead atoms. The molecule has 0 aromatic heterocycles. The Bertz CT molecular complexity index is 628. The van der Waals surface area contributed by atoms with Crippen molar-refractivity contribution in [2.45, 2.75) is 13.0 Å². The molecule has 2 aromatic rings. The minimum atomic E-state index is -0.205. The van der Waals surface area contributed by atoms with E-state index in [1.54, 1.807) is 12.1 Å². The average molecular weight is 368 g/mol. The third-order valence-corrected chi connectivity index (χ3v) is 4.37. The van der Waals surface area contributed by atoms with Crippen LogP contribution in [0.5, 0.6) is 0 Å². The van der Waals surface area contributed by atoms with Gasteiger partial charge in [-0.25, -0.2) is 4.39 Å². The van der Waals surface area contributed by atoms with E-state index >= 15 is 0 Å². The highest BCUT2D eigenvalue weighted by Gasteiger charge is 2.19. The van der Waals surface area contributed by atoms with Crippen LogP contribution < -0.4 is 10.6 Å². The van der Waals surface area contributed by atoms with Crippen LogP contribution in [0.15, 0.2) is 36.4 Å². The van der Waals surface area contributed by atoms with E-state index in [4.69, 9.17) is 5.73 Å². The van der Waals surface area contributed by atoms with E-state index in [2.05, 4.69) is 23.1 Å². The minimum absolute atomic E-state index is 0.205. The number of rotatable bonds is 1. The monoisotopic (exact) mass is 368 g/mol. The standard InChI is InChI=1S/C15H14FIN2/c16-12-7-15(14(18)8-13(12)17)19-6-5-10-3-1-2-4-11(10)9-19/h1-4,7-8H,5-6,9,18H2. The van der Waals surface area contributed by atoms with Crippen molar-refractivity contribution in [3.63, 3.8) is 0 Å². The van der Waals surface area contributed by atoms with Crippen molar-refractivity contribution in [2.75, 3.05) is 17.2 Å². The normalized spacial score (nSPS) is 14.3. The van der Waals surface area contributed by atoms with Crippen LogP contribution in [0.2, 0.25) is 0 Å². The quantitative estimate of drug-likeness (QED) is 0.616. The van der Waals surface area contributed by atoms with Gasteiger partial charge >= 0.3 is 0 Å². The van der Waals surface area contributed by atoms with Crippen LogP contribution in [-0.2, 0) is 13.0 Å². The van der Waals surface area contributed by atoms with E-state index in [9.17, 15) is 4.39 Å². The van der Waals surface area contributed by atoms with Gasteiger partial charge in [0.1, 0.15) is 5.82 Å². The molecule has 2 N–H and O–H groups in total. The molecule has 4 heteroatoms. The number of nitrogen functional groups attached to an aromatic ring is 1. The lowest BCUT2D eigenvalue weighted by molar-refractivity contribution is 0.618. The van der Waals surface area contributed by atoms with Crippen LogP contribution in [0.4, 0.5) is 15.8 Å². The fraction of sp³-hybridized carbons (Fsp3) is 0.200. The van der Waals surface area contributed by atoms with Gasteiger partial charge in [-0.3, -0.25) is 0 Å². The first-order chi connectivity index (χ1) is 9.15. The van der Waals surface area contributed by atoms with Crippen LogP contribution in [0.25, 0.3) is 0 Å². The number of halogens is 2. The molecule has 0 spiro atoms. The molecule has 1 aliphatic heterocycles. The molecular weight excluding hydrogens is 354 g/mol. The van der Waals surface area contributed by atoms with Gasteiger partial charge in [0.25, 0.3) is 0 Å². The Balaban J connectivity index is 1.95. The van der Waals surface area contributed by atoms with Gasteiger partial charge in [0.05, 0.1) is 14.9 Å². The molecule has 0 fully saturated rings. The fourth-order valence-electron chi connectivity index (χ4n) is 2.53. The smallest absolute Gasteiger partial charge is 0.138 e. The van der Waals surface area contributed by atoms with Crippen molar-refractivity contribution in [3.8, 4) is 0 Å². The molecule has 0 saturated heterocycles. The van der Waals surface area contributed by atoms with Gasteiger partial charge in [-0.15, -0.1) is 0 Å². The molecular formula is C15H14FIN2. The molecule has 19 heavy (non-hydrogen) atoms. The van der Waals surface area contributed by atoms with Gasteiger partial charge in [-0.2, -0.15) is 0 Å². The Morgan fingerprint density at radius 2 is 1.89 bits per heavy atom. The van der Waals surface area contributed by atoms with Gasteiger partial charge < -0.3 is 10.6 Å². The lowest BCUT2D eigenvalue weighted by Crippen LogP contribution is -2.31. The number of benzene rings is 2. The lowest BCUT2D eigenvalue weighted by atomic mass is 9.99. The van der Waals surface area contributed by atoms with Gasteiger partial charge in [-0.05, 0) is 46.2 Å². The molecule has 2 nitrogen and oxygen atoms in total. The van der Waals surface area contributed by atoms with E-state index in [1.165, 1.54) is 11.1 Å². The lowest BCUT2D eigenvalue weighted by Gasteiger charge is -2.31. The number of fused-ring (bicyclic) bond motifs is 1. The van der Waals surface area contributed by atoms with E-state index in [-0.39, 0.29) is 5.82 Å². The van der Waals surface area contributed by atoms with Crippen molar-refractivity contribution >= 4 is 34.0 Å². The van der Waals surface area contributed by atoms with Crippen molar-refractivity contribution in [3.05, 3.63) is 56.9 Å². The van der Waals surface area contributed by atoms with E-state index in [1.807, 2.05) is 28.7 Å². The first kappa shape index (κ1) is 12.7. The maximum atomic E-state index is 13.7. The van der Waals surface area contributed by atoms with Gasteiger partial charge in [0.2, 0.25) is 0 Å². The Morgan fingerprint density at radius 3 is 2.68 bits per heavy atom. The van der Waals surface area contributed by atoms with Crippen LogP contribution in [0.1, 0.15) is 11.1 Å². The second kappa shape index (κ2) is 5.00. The van der Waals surface area contributed by atoms with Crippen LogP contribution in [0.3, 0.4) is 0 Å². The van der Waals surface area contributed by atoms with Crippen LogP contribution >= 0.6 is 22.6 Å². The highest BCUT2D eigenvalue weighted by molar-refractivity contribution is 14.1. The molecule has 2 aromatic carbocycles. The highest BCUT2D eigenvalue weighted by atomic mass is 127. The topological polar surface area (TPSA) is 29.3 Å². The summed E-state index contributed by atoms with van der Waals surface area (Å²) in [6.45, 7) is 1.67. The Hall–Kier alpha value is -1.30. The third-order valence-electron chi connectivity index (χ3n) is 3.54. The fourth-order valence-corrected chi connectivity index (χ4v) is 3.02. The summed E-state index contributed by atoms with van der Waals surface area (Å²) < 4.78 is 14.3. The molecule has 3 rings (SSSR count). The second-order valence-corrected chi connectivity index (χ2v) is 5.93. The Kier molecular flexibility index (Phi) is 3.35. The first-order valence-electron chi connectivity index (χ1n) is 6.21. The first-order valence-corrected chi connectivity index (χ1v) is 7.29. The predicted octanol–water partition coefficient (Wildman–Crippen LogP) is 3.58. The molecule has 98 valence electrons. The highest BCUT2D eigenvalue weighted by Crippen LogP contribution is 2.31. The van der Waals surface area contributed by atoms with E-state index in [0.717, 1.165) is 25.2 Å². The van der Waals surface area contributed by atoms with E-state index in [0.29, 0.717) is 9.26 Å². The van der Waals surface area contributed by atoms with Crippen molar-refractivity contribution in [1.29, 1.82) is 0 Å². The van der Waals surface area contributed by atoms with Crippen LogP contribution in [-0.4, -0.2) is 6.54 Å². The van der Waals surface area contributed by atoms with Gasteiger partial charge in [0.15, 0.2) is 0 Å². The molecule has 0 saturated carbocycles. The van der Waals surface area contributed by atoms with Gasteiger partial charge in [0, 0.05) is 19.2 Å². The summed E-state index contributed by atoms with van der Waals surface area (Å²) in [4.78, 5) is 2.15. The molecule has 0 aliphatic carbocycles. The molecule has 0 atom stereocenters. The Labute approximate surface area is 125 Å². The maximum Gasteiger partial charge on any atom is 0.138 e. The summed E-state index contributed by atoms with van der Waals surface area (Å²) >= 11 is 1.96. The SMILES string of the molecule is Nc1cc(I)c(F)cc1N1CCc2ccccc2C1. The van der Waals surface area contributed by atoms with Gasteiger partial charge in [-0.1, -0.05) is 24.3 Å². The van der Waals surface area contributed by atoms with Crippen molar-refractivity contribution in [1.82, 2.24) is 0 Å². The predicted molar refractivity (Wildman–Crippen MR) is 84.7 cm³/mol. The average Bonchev–Trinajstić information content (AvgIpc) is 2.42. The number of nitrogens with zero attached hydrogens (tertiary/aromatic N) is 1. The number of hydrogen-bond donors (Lipinski definition) is 1. The summed E-state index contributed by atoms with van der Waals surface area (Å²) in [7, 11) is 0. The van der Waals surface area contributed by atoms with Crippen LogP contribution in [0, 0.1) is 9.39 Å². The minimum Gasteiger partial charge on any atom is -0.397 e. The second-order valence-electron chi connectivity index (χ2n) is 4.77. The number of anilines is 2. The van der Waals surface area contributed by atoms with Crippen molar-refractivity contribution in [2.24, 2.45) is 0 Å². The summed E-state index contributed by atoms with van der Waals surface area (Å²) in [6.07, 6.45) is 0.975. The maximum absolute atomic E-state index is 13.7. The molecule has 0 radical (unpaired) electrons. The Morgan fingerprint density at radius 1 is 1.16 bits per heavy atom. The number of hydrogen-bond acceptors (Lipinski definition) is 2. The molecule has 1 aliphatic rings. The number of nitrogens with two attached hydrogens (primary N) is 1. The third kappa shape index (κ3) is 2.41. The largest absolute Gasteiger partial charge is 0.397 e. The summed E-state index contributed by atoms with van der Waals surface area (Å²) in [5.41, 5.74) is 10.1. The zero-order valence-electron chi connectivity index (χ0n) is 10.4. The van der Waals surface area contributed by atoms with E-state index < -0.39 is 0 Å². The summed E-state index contributed by atoms with van der Waals surface area (Å²) in [6, 6.07) is 11.6.